The molecule has 0 bridgehead atoms. The van der Waals surface area contributed by atoms with E-state index in [4.69, 9.17) is 5.11 Å². The number of benzene rings is 1. The van der Waals surface area contributed by atoms with Crippen molar-refractivity contribution in [1.82, 2.24) is 0 Å². The SMILES string of the molecule is CC(C)c1ccc(/C(=C\C(=O)O)C(=O)S)c(C(C)C)c1. The molecule has 3 nitrogen and oxygen atoms in total. The van der Waals surface area contributed by atoms with Crippen LogP contribution in [0.15, 0.2) is 24.3 Å². The number of carboxylic acid groups (broad SMARTS) is 1. The zero-order valence-electron chi connectivity index (χ0n) is 12.2. The minimum Gasteiger partial charge on any atom is -0.478 e. The Balaban J connectivity index is 3.50. The lowest BCUT2D eigenvalue weighted by atomic mass is 9.88. The highest BCUT2D eigenvalue weighted by Gasteiger charge is 2.17. The van der Waals surface area contributed by atoms with Gasteiger partial charge >= 0.3 is 5.97 Å². The Bertz CT molecular complexity index is 557. The summed E-state index contributed by atoms with van der Waals surface area (Å²) in [7, 11) is 0. The van der Waals surface area contributed by atoms with Crippen molar-refractivity contribution in [3.05, 3.63) is 41.0 Å². The molecule has 20 heavy (non-hydrogen) atoms. The maximum absolute atomic E-state index is 11.6. The summed E-state index contributed by atoms with van der Waals surface area (Å²) in [6, 6.07) is 5.78. The van der Waals surface area contributed by atoms with Crippen LogP contribution in [0.3, 0.4) is 0 Å². The standard InChI is InChI=1S/C16H20O3S/c1-9(2)11-5-6-12(13(7-11)10(3)4)14(16(19)20)8-15(17)18/h5-10H,1-4H3,(H,17,18)(H,19,20)/b14-8+. The van der Waals surface area contributed by atoms with Crippen LogP contribution in [-0.2, 0) is 9.59 Å². The van der Waals surface area contributed by atoms with E-state index in [-0.39, 0.29) is 11.5 Å². The molecule has 0 aliphatic rings. The number of hydrogen-bond donors (Lipinski definition) is 2. The number of thiol groups is 1. The van der Waals surface area contributed by atoms with Crippen molar-refractivity contribution in [1.29, 1.82) is 0 Å². The minimum absolute atomic E-state index is 0.125. The maximum atomic E-state index is 11.6. The van der Waals surface area contributed by atoms with Gasteiger partial charge < -0.3 is 5.11 Å². The summed E-state index contributed by atoms with van der Waals surface area (Å²) in [5, 5.41) is 8.37. The molecular formula is C16H20O3S. The number of carboxylic acids is 1. The molecule has 0 aromatic heterocycles. The zero-order valence-corrected chi connectivity index (χ0v) is 13.1. The van der Waals surface area contributed by atoms with Crippen LogP contribution in [0.4, 0.5) is 0 Å². The Morgan fingerprint density at radius 3 is 2.15 bits per heavy atom. The molecular weight excluding hydrogens is 272 g/mol. The summed E-state index contributed by atoms with van der Waals surface area (Å²) in [4.78, 5) is 22.5. The van der Waals surface area contributed by atoms with E-state index in [0.717, 1.165) is 11.6 Å². The average molecular weight is 292 g/mol. The van der Waals surface area contributed by atoms with Gasteiger partial charge in [-0.05, 0) is 28.5 Å². The summed E-state index contributed by atoms with van der Waals surface area (Å²) >= 11 is 3.79. The van der Waals surface area contributed by atoms with Crippen LogP contribution in [0.2, 0.25) is 0 Å². The summed E-state index contributed by atoms with van der Waals surface area (Å²) in [5.74, 6) is -0.584. The summed E-state index contributed by atoms with van der Waals surface area (Å²) < 4.78 is 0. The number of rotatable bonds is 5. The second-order valence-corrected chi connectivity index (χ2v) is 5.76. The zero-order chi connectivity index (χ0) is 15.4. The number of hydrogen-bond acceptors (Lipinski definition) is 2. The van der Waals surface area contributed by atoms with Gasteiger partial charge in [0.1, 0.15) is 0 Å². The molecule has 1 aromatic rings. The molecule has 0 radical (unpaired) electrons. The molecule has 0 aliphatic heterocycles. The van der Waals surface area contributed by atoms with Crippen molar-refractivity contribution in [3.8, 4) is 0 Å². The van der Waals surface area contributed by atoms with Gasteiger partial charge in [0.05, 0.1) is 0 Å². The molecule has 1 aromatic carbocycles. The Hall–Kier alpha value is -1.55. The Morgan fingerprint density at radius 2 is 1.75 bits per heavy atom. The largest absolute Gasteiger partial charge is 0.478 e. The second-order valence-electron chi connectivity index (χ2n) is 5.36. The van der Waals surface area contributed by atoms with Gasteiger partial charge in [0, 0.05) is 11.6 Å². The van der Waals surface area contributed by atoms with Crippen molar-refractivity contribution in [3.63, 3.8) is 0 Å². The van der Waals surface area contributed by atoms with Crippen molar-refractivity contribution < 1.29 is 14.7 Å². The normalized spacial score (nSPS) is 12.1. The molecule has 0 unspecified atom stereocenters. The molecule has 1 rings (SSSR count). The molecule has 0 fully saturated rings. The third-order valence-corrected chi connectivity index (χ3v) is 3.39. The molecule has 0 saturated carbocycles. The quantitative estimate of drug-likeness (QED) is 0.640. The van der Waals surface area contributed by atoms with Crippen molar-refractivity contribution >= 4 is 29.3 Å². The van der Waals surface area contributed by atoms with Crippen molar-refractivity contribution in [2.24, 2.45) is 0 Å². The summed E-state index contributed by atoms with van der Waals surface area (Å²) in [6.45, 7) is 8.22. The van der Waals surface area contributed by atoms with Crippen LogP contribution in [0.1, 0.15) is 56.2 Å². The Morgan fingerprint density at radius 1 is 1.15 bits per heavy atom. The molecule has 1 N–H and O–H groups in total. The second kappa shape index (κ2) is 6.75. The van der Waals surface area contributed by atoms with E-state index in [1.165, 1.54) is 5.56 Å². The average Bonchev–Trinajstić information content (AvgIpc) is 2.34. The first-order valence-electron chi connectivity index (χ1n) is 6.56. The predicted molar refractivity (Wildman–Crippen MR) is 84.2 cm³/mol. The Labute approximate surface area is 125 Å². The van der Waals surface area contributed by atoms with Gasteiger partial charge in [-0.15, -0.1) is 12.6 Å². The van der Waals surface area contributed by atoms with Crippen LogP contribution < -0.4 is 0 Å². The van der Waals surface area contributed by atoms with E-state index in [2.05, 4.69) is 26.5 Å². The molecule has 0 heterocycles. The fourth-order valence-electron chi connectivity index (χ4n) is 2.04. The number of carbonyl (C=O) groups excluding carboxylic acids is 1. The van der Waals surface area contributed by atoms with Gasteiger partial charge in [0.2, 0.25) is 5.12 Å². The molecule has 0 aliphatic carbocycles. The predicted octanol–water partition coefficient (Wildman–Crippen LogP) is 3.86. The van der Waals surface area contributed by atoms with E-state index >= 15 is 0 Å². The molecule has 0 atom stereocenters. The van der Waals surface area contributed by atoms with Crippen LogP contribution in [-0.4, -0.2) is 16.2 Å². The van der Waals surface area contributed by atoms with Crippen LogP contribution >= 0.6 is 12.6 Å². The highest BCUT2D eigenvalue weighted by molar-refractivity contribution is 7.98. The van der Waals surface area contributed by atoms with Crippen LogP contribution in [0.5, 0.6) is 0 Å². The summed E-state index contributed by atoms with van der Waals surface area (Å²) in [5.41, 5.74) is 2.90. The first-order valence-corrected chi connectivity index (χ1v) is 7.00. The van der Waals surface area contributed by atoms with E-state index < -0.39 is 11.1 Å². The Kier molecular flexibility index (Phi) is 5.57. The van der Waals surface area contributed by atoms with Gasteiger partial charge in [0.15, 0.2) is 0 Å². The van der Waals surface area contributed by atoms with E-state index in [0.29, 0.717) is 11.5 Å². The first kappa shape index (κ1) is 16.5. The van der Waals surface area contributed by atoms with Crippen LogP contribution in [0, 0.1) is 0 Å². The number of carbonyl (C=O) groups is 2. The number of aliphatic carboxylic acids is 1. The molecule has 108 valence electrons. The van der Waals surface area contributed by atoms with E-state index in [1.807, 2.05) is 32.0 Å². The monoisotopic (exact) mass is 292 g/mol. The lowest BCUT2D eigenvalue weighted by Crippen LogP contribution is -2.04. The third kappa shape index (κ3) is 3.97. The minimum atomic E-state index is -1.15. The van der Waals surface area contributed by atoms with E-state index in [9.17, 15) is 9.59 Å². The summed E-state index contributed by atoms with van der Waals surface area (Å²) in [6.07, 6.45) is 0.922. The van der Waals surface area contributed by atoms with Gasteiger partial charge in [-0.3, -0.25) is 4.79 Å². The van der Waals surface area contributed by atoms with Crippen LogP contribution in [0.25, 0.3) is 5.57 Å². The van der Waals surface area contributed by atoms with Gasteiger partial charge in [-0.1, -0.05) is 45.9 Å². The fraction of sp³-hybridized carbons (Fsp3) is 0.375. The maximum Gasteiger partial charge on any atom is 0.329 e. The highest BCUT2D eigenvalue weighted by Crippen LogP contribution is 2.30. The van der Waals surface area contributed by atoms with Gasteiger partial charge in [-0.25, -0.2) is 4.79 Å². The molecule has 4 heteroatoms. The lowest BCUT2D eigenvalue weighted by molar-refractivity contribution is -0.131. The molecule has 0 amide bonds. The van der Waals surface area contributed by atoms with Crippen molar-refractivity contribution in [2.45, 2.75) is 39.5 Å². The van der Waals surface area contributed by atoms with Gasteiger partial charge in [-0.2, -0.15) is 0 Å². The van der Waals surface area contributed by atoms with Gasteiger partial charge in [0.25, 0.3) is 0 Å². The first-order chi connectivity index (χ1) is 9.23. The highest BCUT2D eigenvalue weighted by atomic mass is 32.1. The molecule has 0 spiro atoms. The topological polar surface area (TPSA) is 54.4 Å². The van der Waals surface area contributed by atoms with E-state index in [1.54, 1.807) is 0 Å². The van der Waals surface area contributed by atoms with Crippen molar-refractivity contribution in [2.75, 3.05) is 0 Å². The third-order valence-electron chi connectivity index (χ3n) is 3.15. The molecule has 0 saturated heterocycles. The smallest absolute Gasteiger partial charge is 0.329 e. The fourth-order valence-corrected chi connectivity index (χ4v) is 2.23. The lowest BCUT2D eigenvalue weighted by Gasteiger charge is -2.17.